The van der Waals surface area contributed by atoms with E-state index >= 15 is 0 Å². The van der Waals surface area contributed by atoms with Crippen molar-refractivity contribution in [3.8, 4) is 0 Å². The highest BCUT2D eigenvalue weighted by molar-refractivity contribution is 6.49. The van der Waals surface area contributed by atoms with Crippen molar-refractivity contribution in [2.45, 2.75) is 16.7 Å². The topological polar surface area (TPSA) is 0 Å². The quantitative estimate of drug-likeness (QED) is 0.545. The average Bonchev–Trinajstić information content (AvgIpc) is 2.16. The summed E-state index contributed by atoms with van der Waals surface area (Å²) in [6.07, 6.45) is -7.53. The molecule has 0 N–H and O–H groups in total. The Morgan fingerprint density at radius 3 is 1.87 bits per heavy atom. The maximum Gasteiger partial charge on any atom is 0.424 e. The van der Waals surface area contributed by atoms with Crippen molar-refractivity contribution in [1.29, 1.82) is 0 Å². The summed E-state index contributed by atoms with van der Waals surface area (Å²) in [5, 5.41) is 0. The Kier molecular flexibility index (Phi) is 3.51. The first-order chi connectivity index (χ1) is 6.77. The first kappa shape index (κ1) is 12.6. The number of hydrogen-bond donors (Lipinski definition) is 0. The summed E-state index contributed by atoms with van der Waals surface area (Å²) in [4.78, 5) is 0. The monoisotopic (exact) mass is 260 g/mol. The van der Waals surface area contributed by atoms with Crippen LogP contribution < -0.4 is 0 Å². The third-order valence-electron chi connectivity index (χ3n) is 1.79. The molecule has 0 aliphatic carbocycles. The second-order valence-corrected chi connectivity index (χ2v) is 4.28. The highest BCUT2D eigenvalue weighted by Gasteiger charge is 2.58. The van der Waals surface area contributed by atoms with Crippen LogP contribution in [0, 0.1) is 0 Å². The van der Waals surface area contributed by atoms with Gasteiger partial charge in [0.2, 0.25) is 4.33 Å². The van der Waals surface area contributed by atoms with Crippen LogP contribution in [0.5, 0.6) is 0 Å². The molecule has 1 aromatic carbocycles. The maximum absolute atomic E-state index is 13.4. The van der Waals surface area contributed by atoms with Gasteiger partial charge in [-0.05, 0) is 5.56 Å². The van der Waals surface area contributed by atoms with Gasteiger partial charge in [-0.15, -0.1) is 0 Å². The Bertz CT molecular complexity index is 321. The predicted octanol–water partition coefficient (Wildman–Crippen LogP) is 4.43. The van der Waals surface area contributed by atoms with Crippen LogP contribution in [0.15, 0.2) is 30.3 Å². The van der Waals surface area contributed by atoms with E-state index in [-0.39, 0.29) is 5.56 Å². The Morgan fingerprint density at radius 1 is 1.00 bits per heavy atom. The van der Waals surface area contributed by atoms with Crippen LogP contribution in [0.2, 0.25) is 0 Å². The number of benzene rings is 1. The van der Waals surface area contributed by atoms with Gasteiger partial charge in [-0.25, -0.2) is 4.39 Å². The van der Waals surface area contributed by atoms with Crippen molar-refractivity contribution < 1.29 is 17.6 Å². The van der Waals surface area contributed by atoms with Crippen molar-refractivity contribution in [1.82, 2.24) is 0 Å². The molecule has 0 aliphatic heterocycles. The third-order valence-corrected chi connectivity index (χ3v) is 2.60. The van der Waals surface area contributed by atoms with E-state index in [1.165, 1.54) is 24.3 Å². The smallest absolute Gasteiger partial charge is 0.239 e. The van der Waals surface area contributed by atoms with Gasteiger partial charge in [0, 0.05) is 0 Å². The molecule has 6 heteroatoms. The molecule has 0 saturated heterocycles. The predicted molar refractivity (Wildman–Crippen MR) is 50.8 cm³/mol. The van der Waals surface area contributed by atoms with E-state index in [1.807, 2.05) is 0 Å². The molecule has 0 aromatic heterocycles. The highest BCUT2D eigenvalue weighted by Crippen LogP contribution is 2.50. The summed E-state index contributed by atoms with van der Waals surface area (Å²) < 4.78 is 46.8. The van der Waals surface area contributed by atoms with Crippen LogP contribution in [0.4, 0.5) is 17.6 Å². The summed E-state index contributed by atoms with van der Waals surface area (Å²) >= 11 is 9.93. The zero-order chi connectivity index (χ0) is 11.7. The lowest BCUT2D eigenvalue weighted by Gasteiger charge is -2.26. The zero-order valence-corrected chi connectivity index (χ0v) is 8.74. The molecule has 1 aromatic rings. The molecule has 0 saturated carbocycles. The average molecular weight is 261 g/mol. The lowest BCUT2D eigenvalue weighted by molar-refractivity contribution is -0.154. The Hall–Kier alpha value is -0.480. The second kappa shape index (κ2) is 4.18. The number of halogens is 6. The number of hydrogen-bond acceptors (Lipinski definition) is 0. The Balaban J connectivity index is 3.00. The van der Waals surface area contributed by atoms with Gasteiger partial charge < -0.3 is 0 Å². The van der Waals surface area contributed by atoms with Crippen LogP contribution in [0.3, 0.4) is 0 Å². The summed E-state index contributed by atoms with van der Waals surface area (Å²) in [5.41, 5.74) is -0.208. The van der Waals surface area contributed by atoms with Gasteiger partial charge in [0.25, 0.3) is 0 Å². The van der Waals surface area contributed by atoms with Gasteiger partial charge in [0.15, 0.2) is 6.17 Å². The van der Waals surface area contributed by atoms with Gasteiger partial charge in [-0.2, -0.15) is 13.2 Å². The highest BCUT2D eigenvalue weighted by atomic mass is 35.5. The fraction of sp³-hybridized carbons (Fsp3) is 0.333. The van der Waals surface area contributed by atoms with Crippen LogP contribution in [-0.2, 0) is 0 Å². The first-order valence-corrected chi connectivity index (χ1v) is 4.66. The summed E-state index contributed by atoms with van der Waals surface area (Å²) in [5.74, 6) is 0. The van der Waals surface area contributed by atoms with E-state index in [2.05, 4.69) is 0 Å². The molecule has 1 atom stereocenters. The molecule has 0 heterocycles. The van der Waals surface area contributed by atoms with Gasteiger partial charge in [-0.3, -0.25) is 0 Å². The minimum atomic E-state index is -5.02. The lowest BCUT2D eigenvalue weighted by Crippen LogP contribution is -2.38. The van der Waals surface area contributed by atoms with Crippen LogP contribution >= 0.6 is 23.2 Å². The van der Waals surface area contributed by atoms with Crippen molar-refractivity contribution >= 4 is 23.2 Å². The maximum atomic E-state index is 13.4. The molecule has 0 spiro atoms. The standard InChI is InChI=1S/C9H6Cl2F4/c10-8(11,9(13,14)15)7(12)6-4-2-1-3-5-6/h1-5,7H. The summed E-state index contributed by atoms with van der Waals surface area (Å²) in [6.45, 7) is 0. The Labute approximate surface area is 93.8 Å². The molecule has 0 amide bonds. The van der Waals surface area contributed by atoms with Crippen LogP contribution in [0.25, 0.3) is 0 Å². The van der Waals surface area contributed by atoms with Crippen molar-refractivity contribution in [2.24, 2.45) is 0 Å². The fourth-order valence-corrected chi connectivity index (χ4v) is 1.23. The summed E-state index contributed by atoms with van der Waals surface area (Å²) in [6, 6.07) is 6.74. The van der Waals surface area contributed by atoms with Crippen LogP contribution in [-0.4, -0.2) is 10.5 Å². The fourth-order valence-electron chi connectivity index (χ4n) is 0.975. The van der Waals surface area contributed by atoms with E-state index in [9.17, 15) is 17.6 Å². The van der Waals surface area contributed by atoms with E-state index < -0.39 is 16.7 Å². The van der Waals surface area contributed by atoms with Crippen molar-refractivity contribution in [3.05, 3.63) is 35.9 Å². The van der Waals surface area contributed by atoms with E-state index in [4.69, 9.17) is 23.2 Å². The number of rotatable bonds is 2. The van der Waals surface area contributed by atoms with Gasteiger partial charge in [0.1, 0.15) is 0 Å². The minimum absolute atomic E-state index is 0.208. The van der Waals surface area contributed by atoms with Crippen molar-refractivity contribution in [2.75, 3.05) is 0 Å². The van der Waals surface area contributed by atoms with Gasteiger partial charge in [0.05, 0.1) is 0 Å². The molecule has 84 valence electrons. The Morgan fingerprint density at radius 2 is 1.47 bits per heavy atom. The molecule has 0 nitrogen and oxygen atoms in total. The van der Waals surface area contributed by atoms with E-state index in [1.54, 1.807) is 6.07 Å². The summed E-state index contributed by atoms with van der Waals surface area (Å²) in [7, 11) is 0. The SMILES string of the molecule is FC(c1ccccc1)C(Cl)(Cl)C(F)(F)F. The largest absolute Gasteiger partial charge is 0.424 e. The second-order valence-electron chi connectivity index (χ2n) is 2.89. The molecule has 0 radical (unpaired) electrons. The molecule has 1 rings (SSSR count). The van der Waals surface area contributed by atoms with Gasteiger partial charge in [-0.1, -0.05) is 53.5 Å². The third kappa shape index (κ3) is 2.55. The lowest BCUT2D eigenvalue weighted by atomic mass is 10.1. The van der Waals surface area contributed by atoms with E-state index in [0.29, 0.717) is 0 Å². The first-order valence-electron chi connectivity index (χ1n) is 3.90. The number of alkyl halides is 6. The zero-order valence-electron chi connectivity index (χ0n) is 7.23. The normalized spacial score (nSPS) is 15.1. The minimum Gasteiger partial charge on any atom is -0.239 e. The molecular weight excluding hydrogens is 255 g/mol. The molecular formula is C9H6Cl2F4. The van der Waals surface area contributed by atoms with Crippen LogP contribution in [0.1, 0.15) is 11.7 Å². The van der Waals surface area contributed by atoms with Gasteiger partial charge >= 0.3 is 6.18 Å². The molecule has 15 heavy (non-hydrogen) atoms. The molecule has 0 aliphatic rings. The van der Waals surface area contributed by atoms with Crippen molar-refractivity contribution in [3.63, 3.8) is 0 Å². The van der Waals surface area contributed by atoms with E-state index in [0.717, 1.165) is 0 Å². The molecule has 0 bridgehead atoms. The molecule has 1 unspecified atom stereocenters. The molecule has 0 fully saturated rings.